The molecule has 2 N–H and O–H groups in total. The van der Waals surface area contributed by atoms with Crippen LogP contribution in [0.2, 0.25) is 0 Å². The van der Waals surface area contributed by atoms with Crippen LogP contribution in [-0.2, 0) is 16.6 Å². The molecule has 0 atom stereocenters. The SMILES string of the molecule is Cc1ccccc1-c1nc(CNS(=O)(=O)c2ccc(C(=O)O)cc2)cs1. The van der Waals surface area contributed by atoms with Crippen LogP contribution in [0.25, 0.3) is 10.6 Å². The molecule has 3 aromatic rings. The third kappa shape index (κ3) is 3.98. The van der Waals surface area contributed by atoms with Gasteiger partial charge in [0.15, 0.2) is 0 Å². The zero-order valence-electron chi connectivity index (χ0n) is 13.8. The minimum Gasteiger partial charge on any atom is -0.478 e. The Morgan fingerprint density at radius 3 is 2.50 bits per heavy atom. The van der Waals surface area contributed by atoms with Gasteiger partial charge in [-0.1, -0.05) is 24.3 Å². The van der Waals surface area contributed by atoms with Crippen LogP contribution in [0.4, 0.5) is 0 Å². The maximum Gasteiger partial charge on any atom is 0.335 e. The molecule has 0 aliphatic heterocycles. The summed E-state index contributed by atoms with van der Waals surface area (Å²) < 4.78 is 27.2. The van der Waals surface area contributed by atoms with E-state index >= 15 is 0 Å². The highest BCUT2D eigenvalue weighted by Gasteiger charge is 2.16. The Balaban J connectivity index is 1.72. The molecule has 0 aliphatic carbocycles. The number of thiazole rings is 1. The zero-order valence-corrected chi connectivity index (χ0v) is 15.5. The van der Waals surface area contributed by atoms with Gasteiger partial charge in [0, 0.05) is 10.9 Å². The van der Waals surface area contributed by atoms with E-state index in [0.717, 1.165) is 16.1 Å². The van der Waals surface area contributed by atoms with Crippen molar-refractivity contribution < 1.29 is 18.3 Å². The number of aryl methyl sites for hydroxylation is 1. The lowest BCUT2D eigenvalue weighted by Gasteiger charge is -2.06. The summed E-state index contributed by atoms with van der Waals surface area (Å²) in [5.41, 5.74) is 2.79. The minimum absolute atomic E-state index is 0.0110. The molecule has 0 fully saturated rings. The molecule has 1 aromatic heterocycles. The Kier molecular flexibility index (Phi) is 5.17. The first-order chi connectivity index (χ1) is 12.4. The fourth-order valence-corrected chi connectivity index (χ4v) is 4.26. The van der Waals surface area contributed by atoms with Crippen LogP contribution in [0, 0.1) is 6.92 Å². The van der Waals surface area contributed by atoms with Gasteiger partial charge in [-0.05, 0) is 36.8 Å². The van der Waals surface area contributed by atoms with Gasteiger partial charge in [-0.3, -0.25) is 0 Å². The van der Waals surface area contributed by atoms with Crippen molar-refractivity contribution in [2.75, 3.05) is 0 Å². The van der Waals surface area contributed by atoms with Crippen LogP contribution in [-0.4, -0.2) is 24.5 Å². The minimum atomic E-state index is -3.74. The van der Waals surface area contributed by atoms with Gasteiger partial charge in [0.2, 0.25) is 10.0 Å². The van der Waals surface area contributed by atoms with Crippen molar-refractivity contribution in [1.29, 1.82) is 0 Å². The molecule has 6 nitrogen and oxygen atoms in total. The van der Waals surface area contributed by atoms with Crippen LogP contribution < -0.4 is 4.72 Å². The number of carboxylic acid groups (broad SMARTS) is 1. The van der Waals surface area contributed by atoms with E-state index < -0.39 is 16.0 Å². The van der Waals surface area contributed by atoms with Crippen molar-refractivity contribution >= 4 is 27.3 Å². The number of carbonyl (C=O) groups is 1. The monoisotopic (exact) mass is 388 g/mol. The van der Waals surface area contributed by atoms with E-state index in [2.05, 4.69) is 9.71 Å². The second-order valence-electron chi connectivity index (χ2n) is 5.61. The van der Waals surface area contributed by atoms with Gasteiger partial charge >= 0.3 is 5.97 Å². The Bertz CT molecular complexity index is 1040. The summed E-state index contributed by atoms with van der Waals surface area (Å²) in [5.74, 6) is -1.10. The summed E-state index contributed by atoms with van der Waals surface area (Å²) in [6.07, 6.45) is 0. The molecule has 1 heterocycles. The number of aromatic nitrogens is 1. The molecular weight excluding hydrogens is 372 g/mol. The second-order valence-corrected chi connectivity index (χ2v) is 8.24. The van der Waals surface area contributed by atoms with Gasteiger partial charge in [-0.15, -0.1) is 11.3 Å². The average molecular weight is 388 g/mol. The summed E-state index contributed by atoms with van der Waals surface area (Å²) in [6.45, 7) is 2.06. The lowest BCUT2D eigenvalue weighted by atomic mass is 10.1. The van der Waals surface area contributed by atoms with Crippen LogP contribution in [0.1, 0.15) is 21.6 Å². The molecule has 0 bridgehead atoms. The molecular formula is C18H16N2O4S2. The van der Waals surface area contributed by atoms with Crippen molar-refractivity contribution in [3.05, 3.63) is 70.7 Å². The molecule has 0 saturated heterocycles. The van der Waals surface area contributed by atoms with E-state index in [9.17, 15) is 13.2 Å². The van der Waals surface area contributed by atoms with E-state index in [1.165, 1.54) is 35.6 Å². The predicted molar refractivity (Wildman–Crippen MR) is 99.7 cm³/mol. The zero-order chi connectivity index (χ0) is 18.7. The average Bonchev–Trinajstić information content (AvgIpc) is 3.09. The van der Waals surface area contributed by atoms with E-state index in [4.69, 9.17) is 5.11 Å². The number of hydrogen-bond acceptors (Lipinski definition) is 5. The summed E-state index contributed by atoms with van der Waals surface area (Å²) in [5, 5.41) is 11.5. The number of hydrogen-bond donors (Lipinski definition) is 2. The van der Waals surface area contributed by atoms with Crippen molar-refractivity contribution in [2.45, 2.75) is 18.4 Å². The van der Waals surface area contributed by atoms with Gasteiger partial charge in [0.1, 0.15) is 5.01 Å². The third-order valence-electron chi connectivity index (χ3n) is 3.78. The number of aromatic carboxylic acids is 1. The highest BCUT2D eigenvalue weighted by atomic mass is 32.2. The first-order valence-corrected chi connectivity index (χ1v) is 10.1. The number of nitrogens with one attached hydrogen (secondary N) is 1. The largest absolute Gasteiger partial charge is 0.478 e. The van der Waals surface area contributed by atoms with Gasteiger partial charge in [-0.2, -0.15) is 0 Å². The Labute approximate surface area is 155 Å². The van der Waals surface area contributed by atoms with E-state index in [1.54, 1.807) is 0 Å². The standard InChI is InChI=1S/C18H16N2O4S2/c1-12-4-2-3-5-16(12)17-20-14(11-25-17)10-19-26(23,24)15-8-6-13(7-9-15)18(21)22/h2-9,11,19H,10H2,1H3,(H,21,22). The van der Waals surface area contributed by atoms with Gasteiger partial charge in [0.05, 0.1) is 22.7 Å². The van der Waals surface area contributed by atoms with Gasteiger partial charge < -0.3 is 5.11 Å². The van der Waals surface area contributed by atoms with Crippen molar-refractivity contribution in [3.63, 3.8) is 0 Å². The fourth-order valence-electron chi connectivity index (χ4n) is 2.35. The Morgan fingerprint density at radius 1 is 1.15 bits per heavy atom. The van der Waals surface area contributed by atoms with Crippen LogP contribution in [0.15, 0.2) is 58.8 Å². The number of nitrogens with zero attached hydrogens (tertiary/aromatic N) is 1. The van der Waals surface area contributed by atoms with Gasteiger partial charge in [-0.25, -0.2) is 22.9 Å². The van der Waals surface area contributed by atoms with Crippen LogP contribution >= 0.6 is 11.3 Å². The highest BCUT2D eigenvalue weighted by molar-refractivity contribution is 7.89. The maximum atomic E-state index is 12.3. The molecule has 8 heteroatoms. The topological polar surface area (TPSA) is 96.4 Å². The normalized spacial score (nSPS) is 11.4. The summed E-state index contributed by atoms with van der Waals surface area (Å²) in [4.78, 5) is 15.3. The molecule has 0 unspecified atom stereocenters. The Hall–Kier alpha value is -2.55. The maximum absolute atomic E-state index is 12.3. The lowest BCUT2D eigenvalue weighted by molar-refractivity contribution is 0.0696. The van der Waals surface area contributed by atoms with Crippen molar-refractivity contribution in [2.24, 2.45) is 0 Å². The lowest BCUT2D eigenvalue weighted by Crippen LogP contribution is -2.23. The third-order valence-corrected chi connectivity index (χ3v) is 6.12. The van der Waals surface area contributed by atoms with Crippen molar-refractivity contribution in [3.8, 4) is 10.6 Å². The quantitative estimate of drug-likeness (QED) is 0.675. The summed E-state index contributed by atoms with van der Waals surface area (Å²) in [7, 11) is -3.74. The van der Waals surface area contributed by atoms with Crippen LogP contribution in [0.5, 0.6) is 0 Å². The summed E-state index contributed by atoms with van der Waals surface area (Å²) >= 11 is 1.46. The molecule has 134 valence electrons. The number of rotatable bonds is 6. The molecule has 26 heavy (non-hydrogen) atoms. The highest BCUT2D eigenvalue weighted by Crippen LogP contribution is 2.26. The first kappa shape index (κ1) is 18.2. The molecule has 0 spiro atoms. The molecule has 0 aliphatic rings. The predicted octanol–water partition coefficient (Wildman–Crippen LogP) is 3.30. The van der Waals surface area contributed by atoms with Crippen molar-refractivity contribution in [1.82, 2.24) is 9.71 Å². The molecule has 0 saturated carbocycles. The second kappa shape index (κ2) is 7.36. The van der Waals surface area contributed by atoms with Crippen LogP contribution in [0.3, 0.4) is 0 Å². The number of benzene rings is 2. The van der Waals surface area contributed by atoms with E-state index in [1.807, 2.05) is 36.6 Å². The Morgan fingerprint density at radius 2 is 1.85 bits per heavy atom. The molecule has 0 radical (unpaired) electrons. The summed E-state index contributed by atoms with van der Waals surface area (Å²) in [6, 6.07) is 12.9. The molecule has 3 rings (SSSR count). The van der Waals surface area contributed by atoms with E-state index in [-0.39, 0.29) is 17.0 Å². The molecule has 0 amide bonds. The number of sulfonamides is 1. The molecule has 2 aromatic carbocycles. The van der Waals surface area contributed by atoms with E-state index in [0.29, 0.717) is 5.69 Å². The fraction of sp³-hybridized carbons (Fsp3) is 0.111. The smallest absolute Gasteiger partial charge is 0.335 e. The van der Waals surface area contributed by atoms with Gasteiger partial charge in [0.25, 0.3) is 0 Å². The number of carboxylic acids is 1. The first-order valence-electron chi connectivity index (χ1n) is 7.70.